The van der Waals surface area contributed by atoms with Gasteiger partial charge in [-0.05, 0) is 17.7 Å². The summed E-state index contributed by atoms with van der Waals surface area (Å²) in [6.45, 7) is -2.86. The monoisotopic (exact) mass is 300 g/mol. The van der Waals surface area contributed by atoms with Gasteiger partial charge in [0.05, 0.1) is 5.75 Å². The van der Waals surface area contributed by atoms with Crippen molar-refractivity contribution in [2.45, 2.75) is 18.1 Å². The van der Waals surface area contributed by atoms with Crippen LogP contribution in [-0.4, -0.2) is 20.4 Å². The minimum Gasteiger partial charge on any atom is -0.435 e. The Morgan fingerprint density at radius 1 is 1.40 bits per heavy atom. The Morgan fingerprint density at radius 2 is 2.20 bits per heavy atom. The van der Waals surface area contributed by atoms with Crippen LogP contribution in [0.25, 0.3) is 0 Å². The predicted octanol–water partition coefficient (Wildman–Crippen LogP) is 2.47. The number of aryl methyl sites for hydroxylation is 1. The van der Waals surface area contributed by atoms with E-state index in [-0.39, 0.29) is 11.5 Å². The molecule has 0 saturated carbocycles. The number of hydrogen-bond donors (Lipinski definition) is 0. The SMILES string of the molecule is Cn1ccnc1C[S@@](=O)Cc1cccc(OC(F)F)c1. The van der Waals surface area contributed by atoms with Crippen LogP contribution < -0.4 is 4.74 Å². The van der Waals surface area contributed by atoms with Crippen molar-refractivity contribution in [2.75, 3.05) is 0 Å². The van der Waals surface area contributed by atoms with Crippen LogP contribution >= 0.6 is 0 Å². The Bertz CT molecular complexity index is 602. The van der Waals surface area contributed by atoms with Crippen LogP contribution in [0.2, 0.25) is 0 Å². The van der Waals surface area contributed by atoms with Crippen LogP contribution in [0.15, 0.2) is 36.7 Å². The van der Waals surface area contributed by atoms with Gasteiger partial charge in [0.2, 0.25) is 0 Å². The highest BCUT2D eigenvalue weighted by Gasteiger charge is 2.09. The van der Waals surface area contributed by atoms with Gasteiger partial charge < -0.3 is 9.30 Å². The number of imidazole rings is 1. The number of hydrogen-bond acceptors (Lipinski definition) is 3. The summed E-state index contributed by atoms with van der Waals surface area (Å²) in [4.78, 5) is 4.10. The fraction of sp³-hybridized carbons (Fsp3) is 0.308. The van der Waals surface area contributed by atoms with Gasteiger partial charge in [-0.1, -0.05) is 12.1 Å². The quantitative estimate of drug-likeness (QED) is 0.823. The first-order valence-electron chi connectivity index (χ1n) is 5.89. The molecule has 0 aliphatic carbocycles. The molecule has 0 N–H and O–H groups in total. The molecule has 4 nitrogen and oxygen atoms in total. The van der Waals surface area contributed by atoms with Gasteiger partial charge in [-0.25, -0.2) is 4.98 Å². The van der Waals surface area contributed by atoms with Gasteiger partial charge in [0.15, 0.2) is 0 Å². The van der Waals surface area contributed by atoms with Crippen LogP contribution in [0.1, 0.15) is 11.4 Å². The summed E-state index contributed by atoms with van der Waals surface area (Å²) in [6, 6.07) is 6.25. The molecule has 0 aliphatic rings. The maximum absolute atomic E-state index is 12.1. The lowest BCUT2D eigenvalue weighted by atomic mass is 10.2. The Morgan fingerprint density at radius 3 is 2.85 bits per heavy atom. The molecular weight excluding hydrogens is 286 g/mol. The summed E-state index contributed by atoms with van der Waals surface area (Å²) < 4.78 is 42.4. The second-order valence-corrected chi connectivity index (χ2v) is 5.67. The van der Waals surface area contributed by atoms with Gasteiger partial charge in [0.1, 0.15) is 11.6 Å². The summed E-state index contributed by atoms with van der Waals surface area (Å²) in [5.41, 5.74) is 0.690. The largest absolute Gasteiger partial charge is 0.435 e. The standard InChI is InChI=1S/C13H14F2N2O2S/c1-17-6-5-16-12(17)9-20(18)8-10-3-2-4-11(7-10)19-13(14)15/h2-7,13H,8-9H2,1H3/t20-/m0/s1. The second-order valence-electron chi connectivity index (χ2n) is 4.21. The predicted molar refractivity (Wildman–Crippen MR) is 71.8 cm³/mol. The molecule has 1 heterocycles. The molecule has 0 amide bonds. The van der Waals surface area contributed by atoms with Crippen molar-refractivity contribution in [3.63, 3.8) is 0 Å². The van der Waals surface area contributed by atoms with Crippen molar-refractivity contribution in [2.24, 2.45) is 7.05 Å². The van der Waals surface area contributed by atoms with Crippen molar-refractivity contribution in [1.82, 2.24) is 9.55 Å². The molecule has 0 aliphatic heterocycles. The van der Waals surface area contributed by atoms with Gasteiger partial charge in [0, 0.05) is 36.0 Å². The zero-order valence-electron chi connectivity index (χ0n) is 10.8. The van der Waals surface area contributed by atoms with E-state index in [1.165, 1.54) is 12.1 Å². The van der Waals surface area contributed by atoms with Gasteiger partial charge in [-0.3, -0.25) is 4.21 Å². The highest BCUT2D eigenvalue weighted by molar-refractivity contribution is 7.83. The fourth-order valence-electron chi connectivity index (χ4n) is 1.73. The number of rotatable bonds is 6. The Balaban J connectivity index is 1.99. The lowest BCUT2D eigenvalue weighted by Crippen LogP contribution is -2.06. The third-order valence-electron chi connectivity index (χ3n) is 2.66. The van der Waals surface area contributed by atoms with E-state index in [1.54, 1.807) is 29.1 Å². The first-order chi connectivity index (χ1) is 9.54. The topological polar surface area (TPSA) is 44.1 Å². The summed E-state index contributed by atoms with van der Waals surface area (Å²) >= 11 is 0. The average Bonchev–Trinajstić information content (AvgIpc) is 2.74. The van der Waals surface area contributed by atoms with Gasteiger partial charge in [-0.2, -0.15) is 8.78 Å². The van der Waals surface area contributed by atoms with E-state index in [4.69, 9.17) is 0 Å². The van der Waals surface area contributed by atoms with E-state index in [1.807, 2.05) is 7.05 Å². The molecule has 1 atom stereocenters. The summed E-state index contributed by atoms with van der Waals surface area (Å²) in [5.74, 6) is 1.39. The summed E-state index contributed by atoms with van der Waals surface area (Å²) in [7, 11) is 0.672. The van der Waals surface area contributed by atoms with Crippen molar-refractivity contribution in [3.05, 3.63) is 48.0 Å². The molecule has 0 fully saturated rings. The van der Waals surface area contributed by atoms with Crippen LogP contribution in [0, 0.1) is 0 Å². The van der Waals surface area contributed by atoms with Crippen molar-refractivity contribution in [3.8, 4) is 5.75 Å². The first-order valence-corrected chi connectivity index (χ1v) is 7.38. The Labute approximate surface area is 117 Å². The van der Waals surface area contributed by atoms with Crippen LogP contribution in [0.3, 0.4) is 0 Å². The number of halogens is 2. The molecule has 0 spiro atoms. The second kappa shape index (κ2) is 6.60. The molecule has 2 rings (SSSR count). The van der Waals surface area contributed by atoms with Crippen molar-refractivity contribution >= 4 is 10.8 Å². The summed E-state index contributed by atoms with van der Waals surface area (Å²) in [6.07, 6.45) is 3.42. The number of alkyl halides is 2. The average molecular weight is 300 g/mol. The molecule has 2 aromatic rings. The van der Waals surface area contributed by atoms with E-state index in [0.29, 0.717) is 11.3 Å². The van der Waals surface area contributed by atoms with E-state index >= 15 is 0 Å². The van der Waals surface area contributed by atoms with E-state index in [0.717, 1.165) is 5.82 Å². The molecule has 1 aromatic heterocycles. The minimum atomic E-state index is -2.86. The molecule has 1 aromatic carbocycles. The molecule has 0 unspecified atom stereocenters. The minimum absolute atomic E-state index is 0.0755. The molecule has 20 heavy (non-hydrogen) atoms. The lowest BCUT2D eigenvalue weighted by molar-refractivity contribution is -0.0498. The molecule has 0 radical (unpaired) electrons. The first kappa shape index (κ1) is 14.6. The molecule has 108 valence electrons. The van der Waals surface area contributed by atoms with Crippen molar-refractivity contribution in [1.29, 1.82) is 0 Å². The molecule has 0 saturated heterocycles. The van der Waals surface area contributed by atoms with Gasteiger partial charge in [0.25, 0.3) is 0 Å². The zero-order valence-corrected chi connectivity index (χ0v) is 11.6. The smallest absolute Gasteiger partial charge is 0.387 e. The highest BCUT2D eigenvalue weighted by Crippen LogP contribution is 2.17. The van der Waals surface area contributed by atoms with Gasteiger partial charge >= 0.3 is 6.61 Å². The molecule has 7 heteroatoms. The third-order valence-corrected chi connectivity index (χ3v) is 3.90. The summed E-state index contributed by atoms with van der Waals surface area (Å²) in [5, 5.41) is 0. The van der Waals surface area contributed by atoms with E-state index < -0.39 is 17.4 Å². The van der Waals surface area contributed by atoms with Crippen LogP contribution in [0.4, 0.5) is 8.78 Å². The Hall–Kier alpha value is -1.76. The maximum Gasteiger partial charge on any atom is 0.387 e. The molecular formula is C13H14F2N2O2S. The zero-order chi connectivity index (χ0) is 14.5. The Kier molecular flexibility index (Phi) is 4.84. The number of aromatic nitrogens is 2. The maximum atomic E-state index is 12.1. The van der Waals surface area contributed by atoms with Crippen LogP contribution in [0.5, 0.6) is 5.75 Å². The highest BCUT2D eigenvalue weighted by atomic mass is 32.2. The van der Waals surface area contributed by atoms with Crippen molar-refractivity contribution < 1.29 is 17.7 Å². The van der Waals surface area contributed by atoms with E-state index in [2.05, 4.69) is 9.72 Å². The molecule has 0 bridgehead atoms. The fourth-order valence-corrected chi connectivity index (χ4v) is 2.95. The normalized spacial score (nSPS) is 12.6. The van der Waals surface area contributed by atoms with Gasteiger partial charge in [-0.15, -0.1) is 0 Å². The number of nitrogens with zero attached hydrogens (tertiary/aromatic N) is 2. The number of ether oxygens (including phenoxy) is 1. The third kappa shape index (κ3) is 4.12. The van der Waals surface area contributed by atoms with E-state index in [9.17, 15) is 13.0 Å². The lowest BCUT2D eigenvalue weighted by Gasteiger charge is -2.07. The number of benzene rings is 1. The van der Waals surface area contributed by atoms with Crippen LogP contribution in [-0.2, 0) is 29.4 Å².